The Hall–Kier alpha value is -1.84. The minimum absolute atomic E-state index is 0.104. The van der Waals surface area contributed by atoms with Gasteiger partial charge in [0.1, 0.15) is 5.82 Å². The minimum Gasteiger partial charge on any atom is -0.373 e. The number of hydrogen-bond donors (Lipinski definition) is 2. The van der Waals surface area contributed by atoms with Crippen LogP contribution < -0.4 is 10.9 Å². The first-order valence-electron chi connectivity index (χ1n) is 3.96. The normalized spacial score (nSPS) is 10.2. The molecule has 2 aromatic heterocycles. The Morgan fingerprint density at radius 3 is 3.15 bits per heavy atom. The van der Waals surface area contributed by atoms with E-state index in [0.29, 0.717) is 5.39 Å². The third-order valence-electron chi connectivity index (χ3n) is 1.91. The summed E-state index contributed by atoms with van der Waals surface area (Å²) in [6, 6.07) is 3.68. The van der Waals surface area contributed by atoms with Crippen molar-refractivity contribution in [2.75, 3.05) is 12.4 Å². The van der Waals surface area contributed by atoms with E-state index in [9.17, 15) is 4.79 Å². The number of nitrogens with one attached hydrogen (secondary N) is 2. The zero-order valence-electron chi connectivity index (χ0n) is 7.16. The van der Waals surface area contributed by atoms with E-state index in [1.807, 2.05) is 12.1 Å². The second-order valence-corrected chi connectivity index (χ2v) is 2.71. The highest BCUT2D eigenvalue weighted by molar-refractivity contribution is 5.82. The molecule has 0 fully saturated rings. The number of pyridine rings is 2. The van der Waals surface area contributed by atoms with Gasteiger partial charge in [-0.3, -0.25) is 4.79 Å². The van der Waals surface area contributed by atoms with E-state index in [1.165, 1.54) is 0 Å². The quantitative estimate of drug-likeness (QED) is 0.678. The zero-order valence-corrected chi connectivity index (χ0v) is 7.16. The number of aromatic nitrogens is 2. The highest BCUT2D eigenvalue weighted by Gasteiger charge is 1.98. The molecule has 2 rings (SSSR count). The molecule has 66 valence electrons. The monoisotopic (exact) mass is 175 g/mol. The highest BCUT2D eigenvalue weighted by atomic mass is 16.1. The molecule has 2 aromatic rings. The lowest BCUT2D eigenvalue weighted by Crippen LogP contribution is -2.05. The fraction of sp³-hybridized carbons (Fsp3) is 0.111. The molecule has 0 aliphatic rings. The number of nitrogens with zero attached hydrogens (tertiary/aromatic N) is 1. The molecule has 0 aliphatic heterocycles. The van der Waals surface area contributed by atoms with Gasteiger partial charge in [-0.25, -0.2) is 4.98 Å². The second kappa shape index (κ2) is 2.90. The summed E-state index contributed by atoms with van der Waals surface area (Å²) in [6.07, 6.45) is 3.20. The van der Waals surface area contributed by atoms with Crippen molar-refractivity contribution in [2.24, 2.45) is 0 Å². The standard InChI is InChI=1S/C9H9N3O/c1-10-8-4-6-2-3-11-9(13)7(6)5-12-8/h2-5H,1H3,(H,10,12)(H,11,13). The van der Waals surface area contributed by atoms with E-state index in [1.54, 1.807) is 19.4 Å². The van der Waals surface area contributed by atoms with Crippen molar-refractivity contribution in [1.82, 2.24) is 9.97 Å². The molecule has 0 bridgehead atoms. The molecule has 0 amide bonds. The molecule has 13 heavy (non-hydrogen) atoms. The smallest absolute Gasteiger partial charge is 0.257 e. The molecule has 0 spiro atoms. The van der Waals surface area contributed by atoms with Gasteiger partial charge < -0.3 is 10.3 Å². The average Bonchev–Trinajstić information content (AvgIpc) is 2.18. The molecule has 2 heterocycles. The number of H-pyrrole nitrogens is 1. The molecule has 0 unspecified atom stereocenters. The molecule has 0 aromatic carbocycles. The summed E-state index contributed by atoms with van der Waals surface area (Å²) in [6.45, 7) is 0. The van der Waals surface area contributed by atoms with E-state index in [4.69, 9.17) is 0 Å². The van der Waals surface area contributed by atoms with Crippen molar-refractivity contribution < 1.29 is 0 Å². The minimum atomic E-state index is -0.104. The lowest BCUT2D eigenvalue weighted by Gasteiger charge is -1.99. The summed E-state index contributed by atoms with van der Waals surface area (Å²) in [5.74, 6) is 0.762. The van der Waals surface area contributed by atoms with Crippen LogP contribution in [0.25, 0.3) is 10.8 Å². The summed E-state index contributed by atoms with van der Waals surface area (Å²) in [5.41, 5.74) is -0.104. The maximum Gasteiger partial charge on any atom is 0.257 e. The lowest BCUT2D eigenvalue weighted by atomic mass is 10.2. The van der Waals surface area contributed by atoms with Crippen molar-refractivity contribution >= 4 is 16.6 Å². The molecule has 0 aliphatic carbocycles. The van der Waals surface area contributed by atoms with E-state index in [2.05, 4.69) is 15.3 Å². The fourth-order valence-corrected chi connectivity index (χ4v) is 1.22. The van der Waals surface area contributed by atoms with Crippen LogP contribution in [0.5, 0.6) is 0 Å². The van der Waals surface area contributed by atoms with Gasteiger partial charge in [-0.15, -0.1) is 0 Å². The van der Waals surface area contributed by atoms with Crippen LogP contribution in [0.1, 0.15) is 0 Å². The van der Waals surface area contributed by atoms with Crippen molar-refractivity contribution in [2.45, 2.75) is 0 Å². The van der Waals surface area contributed by atoms with Gasteiger partial charge in [-0.2, -0.15) is 0 Å². The Kier molecular flexibility index (Phi) is 1.73. The molecule has 0 saturated carbocycles. The molecular formula is C9H9N3O. The van der Waals surface area contributed by atoms with Gasteiger partial charge in [-0.05, 0) is 17.5 Å². The van der Waals surface area contributed by atoms with Gasteiger partial charge in [-0.1, -0.05) is 0 Å². The number of rotatable bonds is 1. The molecule has 4 nitrogen and oxygen atoms in total. The number of fused-ring (bicyclic) bond motifs is 1. The Bertz CT molecular complexity index is 489. The Morgan fingerprint density at radius 2 is 2.38 bits per heavy atom. The molecule has 2 N–H and O–H groups in total. The van der Waals surface area contributed by atoms with Crippen LogP contribution in [-0.2, 0) is 0 Å². The molecular weight excluding hydrogens is 166 g/mol. The van der Waals surface area contributed by atoms with Crippen LogP contribution >= 0.6 is 0 Å². The molecule has 0 atom stereocenters. The Morgan fingerprint density at radius 1 is 1.54 bits per heavy atom. The van der Waals surface area contributed by atoms with Gasteiger partial charge >= 0.3 is 0 Å². The van der Waals surface area contributed by atoms with Gasteiger partial charge in [0.05, 0.1) is 5.39 Å². The number of anilines is 1. The topological polar surface area (TPSA) is 57.8 Å². The van der Waals surface area contributed by atoms with E-state index >= 15 is 0 Å². The van der Waals surface area contributed by atoms with Crippen LogP contribution in [0.3, 0.4) is 0 Å². The maximum atomic E-state index is 11.3. The lowest BCUT2D eigenvalue weighted by molar-refractivity contribution is 1.25. The predicted octanol–water partition coefficient (Wildman–Crippen LogP) is 0.965. The summed E-state index contributed by atoms with van der Waals surface area (Å²) in [5, 5.41) is 4.42. The van der Waals surface area contributed by atoms with Crippen LogP contribution in [0.4, 0.5) is 5.82 Å². The molecule has 0 radical (unpaired) electrons. The van der Waals surface area contributed by atoms with E-state index in [-0.39, 0.29) is 5.56 Å². The Balaban J connectivity index is 2.80. The largest absolute Gasteiger partial charge is 0.373 e. The van der Waals surface area contributed by atoms with Crippen molar-refractivity contribution in [3.05, 3.63) is 34.9 Å². The first kappa shape index (κ1) is 7.79. The zero-order chi connectivity index (χ0) is 9.26. The average molecular weight is 175 g/mol. The number of aromatic amines is 1. The summed E-state index contributed by atoms with van der Waals surface area (Å²) < 4.78 is 0. The maximum absolute atomic E-state index is 11.3. The first-order valence-corrected chi connectivity index (χ1v) is 3.96. The van der Waals surface area contributed by atoms with E-state index in [0.717, 1.165) is 11.2 Å². The van der Waals surface area contributed by atoms with Gasteiger partial charge in [0.2, 0.25) is 0 Å². The summed E-state index contributed by atoms with van der Waals surface area (Å²) in [7, 11) is 1.79. The SMILES string of the molecule is CNc1cc2cc[nH]c(=O)c2cn1. The van der Waals surface area contributed by atoms with E-state index < -0.39 is 0 Å². The Labute approximate surface area is 74.6 Å². The van der Waals surface area contributed by atoms with Crippen LogP contribution in [0.15, 0.2) is 29.3 Å². The number of hydrogen-bond acceptors (Lipinski definition) is 3. The van der Waals surface area contributed by atoms with Gasteiger partial charge in [0, 0.05) is 19.4 Å². The molecule has 4 heteroatoms. The van der Waals surface area contributed by atoms with Crippen molar-refractivity contribution in [3.63, 3.8) is 0 Å². The predicted molar refractivity (Wildman–Crippen MR) is 51.9 cm³/mol. The fourth-order valence-electron chi connectivity index (χ4n) is 1.22. The van der Waals surface area contributed by atoms with Crippen LogP contribution in [-0.4, -0.2) is 17.0 Å². The summed E-state index contributed by atoms with van der Waals surface area (Å²) >= 11 is 0. The third kappa shape index (κ3) is 1.26. The van der Waals surface area contributed by atoms with Crippen LogP contribution in [0, 0.1) is 0 Å². The van der Waals surface area contributed by atoms with Crippen molar-refractivity contribution in [1.29, 1.82) is 0 Å². The highest BCUT2D eigenvalue weighted by Crippen LogP contribution is 2.11. The van der Waals surface area contributed by atoms with Crippen LogP contribution in [0.2, 0.25) is 0 Å². The first-order chi connectivity index (χ1) is 6.31. The van der Waals surface area contributed by atoms with Gasteiger partial charge in [0.25, 0.3) is 5.56 Å². The van der Waals surface area contributed by atoms with Gasteiger partial charge in [0.15, 0.2) is 0 Å². The molecule has 0 saturated heterocycles. The van der Waals surface area contributed by atoms with Crippen molar-refractivity contribution in [3.8, 4) is 0 Å². The second-order valence-electron chi connectivity index (χ2n) is 2.71. The third-order valence-corrected chi connectivity index (χ3v) is 1.91. The summed E-state index contributed by atoms with van der Waals surface area (Å²) in [4.78, 5) is 17.9.